The van der Waals surface area contributed by atoms with E-state index in [1.807, 2.05) is 18.2 Å². The molecule has 1 saturated heterocycles. The number of carbonyl (C=O) groups excluding carboxylic acids is 1. The third-order valence-electron chi connectivity index (χ3n) is 7.35. The standard InChI is InChI=1S/C27H33F3N4O6/c1-38-21-8-10-24(25(16-21)39-2)32-11-13-33(14-12-32)26(35)17-40-20-6-3-18(4-7-20)31-19-5-9-23(34(36)37)22(15-19)27(28,29)30/h5,8-10,15-16,18,20,31H,3-4,6-7,11-14,17H2,1-2H3/t18-,20-. The quantitative estimate of drug-likeness (QED) is 0.343. The average Bonchev–Trinajstić information content (AvgIpc) is 2.95. The van der Waals surface area contributed by atoms with Crippen molar-refractivity contribution in [3.8, 4) is 11.5 Å². The first kappa shape index (κ1) is 29.2. The first-order valence-corrected chi connectivity index (χ1v) is 13.1. The molecule has 0 bridgehead atoms. The van der Waals surface area contributed by atoms with Crippen LogP contribution in [0.15, 0.2) is 36.4 Å². The predicted molar refractivity (Wildman–Crippen MR) is 142 cm³/mol. The zero-order valence-electron chi connectivity index (χ0n) is 22.4. The summed E-state index contributed by atoms with van der Waals surface area (Å²) in [6.45, 7) is 2.41. The number of methoxy groups -OCH3 is 2. The number of nitrogens with one attached hydrogen (secondary N) is 1. The van der Waals surface area contributed by atoms with Crippen LogP contribution in [0, 0.1) is 10.1 Å². The number of rotatable bonds is 9. The maximum atomic E-state index is 13.3. The van der Waals surface area contributed by atoms with Gasteiger partial charge >= 0.3 is 6.18 Å². The maximum Gasteiger partial charge on any atom is 0.423 e. The molecule has 1 aliphatic carbocycles. The second-order valence-electron chi connectivity index (χ2n) is 9.82. The highest BCUT2D eigenvalue weighted by Crippen LogP contribution is 2.38. The number of nitro groups is 1. The SMILES string of the molecule is COc1ccc(N2CCN(C(=O)CO[C@H]3CC[C@H](Nc4ccc([N+](=O)[O-])c(C(F)(F)F)c4)CC3)CC2)c(OC)c1. The molecular weight excluding hydrogens is 533 g/mol. The van der Waals surface area contributed by atoms with Gasteiger partial charge < -0.3 is 29.3 Å². The number of halogens is 3. The van der Waals surface area contributed by atoms with Crippen molar-refractivity contribution in [2.45, 2.75) is 44.0 Å². The van der Waals surface area contributed by atoms with Crippen LogP contribution in [0.3, 0.4) is 0 Å². The van der Waals surface area contributed by atoms with E-state index in [9.17, 15) is 28.1 Å². The Morgan fingerprint density at radius 3 is 2.33 bits per heavy atom. The molecule has 2 aromatic rings. The lowest BCUT2D eigenvalue weighted by Crippen LogP contribution is -2.50. The number of benzene rings is 2. The van der Waals surface area contributed by atoms with Crippen molar-refractivity contribution < 1.29 is 37.1 Å². The fourth-order valence-electron chi connectivity index (χ4n) is 5.14. The third kappa shape index (κ3) is 7.06. The number of hydrogen-bond donors (Lipinski definition) is 1. The van der Waals surface area contributed by atoms with Gasteiger partial charge in [-0.2, -0.15) is 13.2 Å². The summed E-state index contributed by atoms with van der Waals surface area (Å²) in [7, 11) is 3.21. The molecule has 1 amide bonds. The van der Waals surface area contributed by atoms with Gasteiger partial charge in [-0.25, -0.2) is 0 Å². The van der Waals surface area contributed by atoms with Gasteiger partial charge in [0, 0.05) is 50.0 Å². The molecule has 0 unspecified atom stereocenters. The second-order valence-corrected chi connectivity index (χ2v) is 9.82. The van der Waals surface area contributed by atoms with Crippen molar-refractivity contribution in [2.24, 2.45) is 0 Å². The summed E-state index contributed by atoms with van der Waals surface area (Å²) in [4.78, 5) is 26.7. The molecule has 13 heteroatoms. The topological polar surface area (TPSA) is 106 Å². The van der Waals surface area contributed by atoms with Crippen molar-refractivity contribution in [3.63, 3.8) is 0 Å². The molecule has 0 atom stereocenters. The summed E-state index contributed by atoms with van der Waals surface area (Å²) in [5.74, 6) is 1.34. The van der Waals surface area contributed by atoms with Crippen LogP contribution >= 0.6 is 0 Å². The van der Waals surface area contributed by atoms with E-state index in [-0.39, 0.29) is 30.3 Å². The summed E-state index contributed by atoms with van der Waals surface area (Å²) in [5, 5.41) is 14.0. The van der Waals surface area contributed by atoms with Crippen LogP contribution in [-0.2, 0) is 15.7 Å². The van der Waals surface area contributed by atoms with Gasteiger partial charge in [-0.15, -0.1) is 0 Å². The molecule has 1 N–H and O–H groups in total. The fraction of sp³-hybridized carbons (Fsp3) is 0.519. The number of hydrogen-bond acceptors (Lipinski definition) is 8. The molecule has 40 heavy (non-hydrogen) atoms. The number of anilines is 2. The number of piperazine rings is 1. The highest BCUT2D eigenvalue weighted by molar-refractivity contribution is 5.78. The minimum absolute atomic E-state index is 0.0219. The number of nitro benzene ring substituents is 1. The van der Waals surface area contributed by atoms with Crippen LogP contribution in [-0.4, -0.2) is 74.9 Å². The lowest BCUT2D eigenvalue weighted by Gasteiger charge is -2.37. The molecule has 0 spiro atoms. The molecular formula is C27H33F3N4O6. The molecule has 0 radical (unpaired) electrons. The molecule has 2 aromatic carbocycles. The summed E-state index contributed by atoms with van der Waals surface area (Å²) in [6, 6.07) is 8.50. The van der Waals surface area contributed by atoms with Gasteiger partial charge in [0.05, 0.1) is 30.9 Å². The number of amides is 1. The van der Waals surface area contributed by atoms with Gasteiger partial charge in [0.15, 0.2) is 0 Å². The summed E-state index contributed by atoms with van der Waals surface area (Å²) in [6.07, 6.45) is -2.37. The number of carbonyl (C=O) groups is 1. The van der Waals surface area contributed by atoms with Crippen molar-refractivity contribution in [2.75, 3.05) is 57.2 Å². The number of ether oxygens (including phenoxy) is 3. The monoisotopic (exact) mass is 566 g/mol. The van der Waals surface area contributed by atoms with Crippen LogP contribution in [0.2, 0.25) is 0 Å². The Morgan fingerprint density at radius 1 is 1.02 bits per heavy atom. The van der Waals surface area contributed by atoms with E-state index in [4.69, 9.17) is 14.2 Å². The van der Waals surface area contributed by atoms with Crippen molar-refractivity contribution in [3.05, 3.63) is 52.1 Å². The van der Waals surface area contributed by atoms with Crippen LogP contribution in [0.4, 0.5) is 30.2 Å². The summed E-state index contributed by atoms with van der Waals surface area (Å²) in [5.41, 5.74) is -1.12. The Morgan fingerprint density at radius 2 is 1.73 bits per heavy atom. The van der Waals surface area contributed by atoms with Gasteiger partial charge in [0.25, 0.3) is 5.69 Å². The molecule has 10 nitrogen and oxygen atoms in total. The molecule has 1 saturated carbocycles. The first-order valence-electron chi connectivity index (χ1n) is 13.1. The number of nitrogens with zero attached hydrogens (tertiary/aromatic N) is 3. The van der Waals surface area contributed by atoms with E-state index < -0.39 is 22.4 Å². The Balaban J connectivity index is 1.21. The highest BCUT2D eigenvalue weighted by atomic mass is 19.4. The van der Waals surface area contributed by atoms with Gasteiger partial charge in [-0.1, -0.05) is 0 Å². The van der Waals surface area contributed by atoms with Gasteiger partial charge in [0.2, 0.25) is 5.91 Å². The molecule has 1 heterocycles. The van der Waals surface area contributed by atoms with E-state index in [0.717, 1.165) is 17.8 Å². The van der Waals surface area contributed by atoms with Gasteiger partial charge in [-0.3, -0.25) is 14.9 Å². The molecule has 0 aromatic heterocycles. The van der Waals surface area contributed by atoms with Crippen molar-refractivity contribution in [1.29, 1.82) is 0 Å². The molecule has 2 aliphatic rings. The third-order valence-corrected chi connectivity index (χ3v) is 7.35. The van der Waals surface area contributed by atoms with Crippen LogP contribution in [0.1, 0.15) is 31.2 Å². The van der Waals surface area contributed by atoms with Gasteiger partial charge in [-0.05, 0) is 49.9 Å². The van der Waals surface area contributed by atoms with Gasteiger partial charge in [0.1, 0.15) is 23.7 Å². The second kappa shape index (κ2) is 12.6. The molecule has 1 aliphatic heterocycles. The highest BCUT2D eigenvalue weighted by Gasteiger charge is 2.38. The van der Waals surface area contributed by atoms with E-state index in [1.165, 1.54) is 6.07 Å². The molecule has 4 rings (SSSR count). The Labute approximate surface area is 230 Å². The van der Waals surface area contributed by atoms with E-state index in [0.29, 0.717) is 63.4 Å². The van der Waals surface area contributed by atoms with E-state index in [2.05, 4.69) is 10.2 Å². The van der Waals surface area contributed by atoms with Crippen molar-refractivity contribution >= 4 is 23.0 Å². The normalized spacial score (nSPS) is 19.7. The summed E-state index contributed by atoms with van der Waals surface area (Å²) < 4.78 is 56.4. The Hall–Kier alpha value is -3.74. The van der Waals surface area contributed by atoms with E-state index in [1.54, 1.807) is 19.1 Å². The summed E-state index contributed by atoms with van der Waals surface area (Å²) >= 11 is 0. The molecule has 218 valence electrons. The predicted octanol–water partition coefficient (Wildman–Crippen LogP) is 4.72. The zero-order valence-corrected chi connectivity index (χ0v) is 22.4. The fourth-order valence-corrected chi connectivity index (χ4v) is 5.14. The zero-order chi connectivity index (χ0) is 28.9. The van der Waals surface area contributed by atoms with Crippen molar-refractivity contribution in [1.82, 2.24) is 4.90 Å². The van der Waals surface area contributed by atoms with E-state index >= 15 is 0 Å². The average molecular weight is 567 g/mol. The van der Waals surface area contributed by atoms with Crippen LogP contribution < -0.4 is 19.7 Å². The maximum absolute atomic E-state index is 13.3. The minimum atomic E-state index is -4.83. The van der Waals surface area contributed by atoms with Crippen LogP contribution in [0.25, 0.3) is 0 Å². The van der Waals surface area contributed by atoms with Crippen LogP contribution in [0.5, 0.6) is 11.5 Å². The Kier molecular flexibility index (Phi) is 9.23. The molecule has 2 fully saturated rings. The lowest BCUT2D eigenvalue weighted by molar-refractivity contribution is -0.388. The Bertz CT molecular complexity index is 1200. The smallest absolute Gasteiger partial charge is 0.423 e. The number of alkyl halides is 3. The largest absolute Gasteiger partial charge is 0.497 e. The first-order chi connectivity index (χ1) is 19.1. The lowest BCUT2D eigenvalue weighted by atomic mass is 9.92. The minimum Gasteiger partial charge on any atom is -0.497 e.